The number of hydrogen-bond acceptors (Lipinski definition) is 6. The number of imide groups is 1. The normalized spacial score (nSPS) is 24.6. The third-order valence-corrected chi connectivity index (χ3v) is 3.10. The number of carbonyl (C=O) groups excluding carboxylic acids is 2. The number of hydrogen-bond donors (Lipinski definition) is 4. The number of carboxylic acids is 1. The number of carboxylic acid groups (broad SMARTS) is 1. The summed E-state index contributed by atoms with van der Waals surface area (Å²) in [7, 11) is 0. The maximum Gasteiger partial charge on any atom is 0.327 e. The van der Waals surface area contributed by atoms with Crippen molar-refractivity contribution in [2.24, 2.45) is 0 Å². The van der Waals surface area contributed by atoms with Gasteiger partial charge in [0.15, 0.2) is 0 Å². The van der Waals surface area contributed by atoms with E-state index in [-0.39, 0.29) is 18.7 Å². The van der Waals surface area contributed by atoms with Crippen molar-refractivity contribution in [3.63, 3.8) is 0 Å². The molecule has 1 aliphatic heterocycles. The highest BCUT2D eigenvalue weighted by atomic mass is 32.1. The molecule has 0 spiro atoms. The van der Waals surface area contributed by atoms with Gasteiger partial charge in [-0.2, -0.15) is 12.6 Å². The molecule has 2 amide bonds. The lowest BCUT2D eigenvalue weighted by atomic mass is 10.1. The average molecular weight is 276 g/mol. The molecule has 18 heavy (non-hydrogen) atoms. The molecule has 3 atom stereocenters. The number of amides is 2. The molecule has 8 heteroatoms. The average Bonchev–Trinajstić information content (AvgIpc) is 2.70. The molecule has 1 aliphatic rings. The van der Waals surface area contributed by atoms with E-state index in [1.54, 1.807) is 0 Å². The molecule has 1 saturated heterocycles. The Hall–Kier alpha value is -1.12. The highest BCUT2D eigenvalue weighted by Gasteiger charge is 2.38. The Bertz CT molecular complexity index is 362. The monoisotopic (exact) mass is 276 g/mol. The van der Waals surface area contributed by atoms with Crippen LogP contribution >= 0.6 is 12.6 Å². The lowest BCUT2D eigenvalue weighted by Crippen LogP contribution is -2.54. The van der Waals surface area contributed by atoms with Gasteiger partial charge in [-0.3, -0.25) is 14.5 Å². The van der Waals surface area contributed by atoms with Crippen molar-refractivity contribution < 1.29 is 24.6 Å². The topological polar surface area (TPSA) is 107 Å². The summed E-state index contributed by atoms with van der Waals surface area (Å²) < 4.78 is 0. The molecule has 0 aromatic carbocycles. The van der Waals surface area contributed by atoms with Crippen molar-refractivity contribution in [3.8, 4) is 0 Å². The molecule has 0 aliphatic carbocycles. The van der Waals surface area contributed by atoms with Crippen LogP contribution in [0.15, 0.2) is 0 Å². The van der Waals surface area contributed by atoms with E-state index < -0.39 is 36.0 Å². The van der Waals surface area contributed by atoms with E-state index in [2.05, 4.69) is 17.9 Å². The van der Waals surface area contributed by atoms with Gasteiger partial charge in [0.1, 0.15) is 6.04 Å². The smallest absolute Gasteiger partial charge is 0.327 e. The van der Waals surface area contributed by atoms with Crippen LogP contribution in [-0.2, 0) is 14.4 Å². The molecule has 0 saturated carbocycles. The van der Waals surface area contributed by atoms with Gasteiger partial charge in [-0.25, -0.2) is 4.79 Å². The molecule has 1 rings (SSSR count). The molecule has 0 radical (unpaired) electrons. The number of aliphatic carboxylic acids is 1. The van der Waals surface area contributed by atoms with Crippen LogP contribution in [0.1, 0.15) is 13.3 Å². The van der Waals surface area contributed by atoms with Gasteiger partial charge in [-0.05, 0) is 6.42 Å². The number of carbonyl (C=O) groups is 3. The summed E-state index contributed by atoms with van der Waals surface area (Å²) in [6.45, 7) is 1.38. The van der Waals surface area contributed by atoms with Gasteiger partial charge in [-0.15, -0.1) is 0 Å². The molecule has 102 valence electrons. The van der Waals surface area contributed by atoms with Gasteiger partial charge in [0.05, 0.1) is 12.1 Å². The first-order chi connectivity index (χ1) is 8.38. The van der Waals surface area contributed by atoms with E-state index in [0.29, 0.717) is 4.90 Å². The van der Waals surface area contributed by atoms with Gasteiger partial charge in [0.25, 0.3) is 0 Å². The van der Waals surface area contributed by atoms with Crippen molar-refractivity contribution in [3.05, 3.63) is 0 Å². The van der Waals surface area contributed by atoms with Gasteiger partial charge in [0.2, 0.25) is 11.8 Å². The third-order valence-electron chi connectivity index (χ3n) is 2.75. The van der Waals surface area contributed by atoms with Crippen molar-refractivity contribution >= 4 is 30.4 Å². The highest BCUT2D eigenvalue weighted by molar-refractivity contribution is 7.80. The summed E-state index contributed by atoms with van der Waals surface area (Å²) in [4.78, 5) is 35.2. The predicted octanol–water partition coefficient (Wildman–Crippen LogP) is -1.53. The number of β-amino-alcohol motifs (C(OH)–C–C–N with tert-alkyl or cyclic N) is 1. The Kier molecular flexibility index (Phi) is 5.12. The summed E-state index contributed by atoms with van der Waals surface area (Å²) in [5.74, 6) is -2.73. The Morgan fingerprint density at radius 1 is 1.50 bits per heavy atom. The zero-order valence-electron chi connectivity index (χ0n) is 9.87. The molecule has 1 fully saturated rings. The molecule has 0 aromatic rings. The van der Waals surface area contributed by atoms with Crippen LogP contribution in [0, 0.1) is 0 Å². The van der Waals surface area contributed by atoms with E-state index in [1.165, 1.54) is 0 Å². The summed E-state index contributed by atoms with van der Waals surface area (Å²) in [6.07, 6.45) is -0.492. The van der Waals surface area contributed by atoms with E-state index in [1.807, 2.05) is 0 Å². The Morgan fingerprint density at radius 2 is 2.11 bits per heavy atom. The number of rotatable bonds is 4. The first-order valence-corrected chi connectivity index (χ1v) is 6.10. The first-order valence-electron chi connectivity index (χ1n) is 5.47. The maximum atomic E-state index is 12.1. The fourth-order valence-electron chi connectivity index (χ4n) is 1.87. The van der Waals surface area contributed by atoms with Crippen LogP contribution in [0.25, 0.3) is 0 Å². The lowest BCUT2D eigenvalue weighted by molar-refractivity contribution is -0.157. The molecule has 0 aromatic heterocycles. The van der Waals surface area contributed by atoms with E-state index in [9.17, 15) is 19.5 Å². The summed E-state index contributed by atoms with van der Waals surface area (Å²) in [5, 5.41) is 21.0. The second-order valence-electron chi connectivity index (χ2n) is 4.11. The Labute approximate surface area is 110 Å². The number of aliphatic hydroxyl groups is 1. The SMILES string of the molecule is CC(=O)N(C(=O)C1CC(O)CN1)C(CS)C(=O)O. The summed E-state index contributed by atoms with van der Waals surface area (Å²) in [5.41, 5.74) is 0. The number of aliphatic hydroxyl groups excluding tert-OH is 1. The van der Waals surface area contributed by atoms with Gasteiger partial charge >= 0.3 is 5.97 Å². The molecular formula is C10H16N2O5S. The Morgan fingerprint density at radius 3 is 2.44 bits per heavy atom. The van der Waals surface area contributed by atoms with Crippen molar-refractivity contribution in [2.75, 3.05) is 12.3 Å². The Balaban J connectivity index is 2.87. The molecule has 3 unspecified atom stereocenters. The molecular weight excluding hydrogens is 260 g/mol. The maximum absolute atomic E-state index is 12.1. The van der Waals surface area contributed by atoms with E-state index >= 15 is 0 Å². The minimum atomic E-state index is -1.29. The molecule has 7 nitrogen and oxygen atoms in total. The van der Waals surface area contributed by atoms with E-state index in [4.69, 9.17) is 5.11 Å². The van der Waals surface area contributed by atoms with Crippen molar-refractivity contribution in [1.82, 2.24) is 10.2 Å². The van der Waals surface area contributed by atoms with Crippen LogP contribution in [0.5, 0.6) is 0 Å². The second kappa shape index (κ2) is 6.17. The van der Waals surface area contributed by atoms with Gasteiger partial charge in [0, 0.05) is 19.2 Å². The molecule has 0 bridgehead atoms. The fraction of sp³-hybridized carbons (Fsp3) is 0.700. The standard InChI is InChI=1S/C10H16N2O5S/c1-5(13)12(8(4-18)10(16)17)9(15)7-2-6(14)3-11-7/h6-8,11,14,18H,2-4H2,1H3,(H,16,17). The van der Waals surface area contributed by atoms with Gasteiger partial charge in [-0.1, -0.05) is 0 Å². The van der Waals surface area contributed by atoms with Crippen LogP contribution in [0.3, 0.4) is 0 Å². The minimum Gasteiger partial charge on any atom is -0.480 e. The predicted molar refractivity (Wildman–Crippen MR) is 65.2 cm³/mol. The summed E-state index contributed by atoms with van der Waals surface area (Å²) in [6, 6.07) is -2.02. The highest BCUT2D eigenvalue weighted by Crippen LogP contribution is 2.13. The van der Waals surface area contributed by atoms with Crippen LogP contribution < -0.4 is 5.32 Å². The lowest BCUT2D eigenvalue weighted by Gasteiger charge is -2.27. The van der Waals surface area contributed by atoms with E-state index in [0.717, 1.165) is 6.92 Å². The zero-order valence-corrected chi connectivity index (χ0v) is 10.8. The van der Waals surface area contributed by atoms with Gasteiger partial charge < -0.3 is 15.5 Å². The molecule has 3 N–H and O–H groups in total. The largest absolute Gasteiger partial charge is 0.480 e. The van der Waals surface area contributed by atoms with Crippen molar-refractivity contribution in [1.29, 1.82) is 0 Å². The minimum absolute atomic E-state index is 0.157. The van der Waals surface area contributed by atoms with Crippen molar-refractivity contribution in [2.45, 2.75) is 31.5 Å². The number of nitrogens with zero attached hydrogens (tertiary/aromatic N) is 1. The second-order valence-corrected chi connectivity index (χ2v) is 4.48. The number of nitrogens with one attached hydrogen (secondary N) is 1. The van der Waals surface area contributed by atoms with Crippen LogP contribution in [0.2, 0.25) is 0 Å². The quantitative estimate of drug-likeness (QED) is 0.464. The third kappa shape index (κ3) is 3.21. The van der Waals surface area contributed by atoms with Crippen LogP contribution in [0.4, 0.5) is 0 Å². The number of thiol groups is 1. The molecule has 1 heterocycles. The zero-order chi connectivity index (χ0) is 13.9. The fourth-order valence-corrected chi connectivity index (χ4v) is 2.19. The first kappa shape index (κ1) is 14.9. The van der Waals surface area contributed by atoms with Crippen LogP contribution in [-0.4, -0.2) is 63.4 Å². The summed E-state index contributed by atoms with van der Waals surface area (Å²) >= 11 is 3.85.